The van der Waals surface area contributed by atoms with Gasteiger partial charge in [-0.05, 0) is 31.0 Å². The Hall–Kier alpha value is -2.26. The number of anilines is 1. The van der Waals surface area contributed by atoms with Gasteiger partial charge in [-0.2, -0.15) is 26.3 Å². The van der Waals surface area contributed by atoms with Crippen molar-refractivity contribution in [3.05, 3.63) is 29.3 Å². The molecule has 0 atom stereocenters. The summed E-state index contributed by atoms with van der Waals surface area (Å²) in [5.41, 5.74) is -3.88. The first kappa shape index (κ1) is 18.1. The van der Waals surface area contributed by atoms with E-state index in [9.17, 15) is 35.9 Å². The van der Waals surface area contributed by atoms with E-state index in [0.717, 1.165) is 0 Å². The topological polar surface area (TPSA) is 49.4 Å². The van der Waals surface area contributed by atoms with E-state index in [1.54, 1.807) is 0 Å². The van der Waals surface area contributed by atoms with Crippen molar-refractivity contribution >= 4 is 17.5 Å². The van der Waals surface area contributed by atoms with Crippen LogP contribution in [-0.4, -0.2) is 29.8 Å². The number of nitrogens with one attached hydrogen (secondary N) is 1. The minimum atomic E-state index is -5.03. The van der Waals surface area contributed by atoms with Crippen molar-refractivity contribution in [1.82, 2.24) is 4.90 Å². The van der Waals surface area contributed by atoms with Gasteiger partial charge in [-0.1, -0.05) is 0 Å². The Morgan fingerprint density at radius 2 is 1.33 bits per heavy atom. The average Bonchev–Trinajstić information content (AvgIpc) is 2.98. The zero-order valence-electron chi connectivity index (χ0n) is 12.1. The Kier molecular flexibility index (Phi) is 4.77. The van der Waals surface area contributed by atoms with Crippen LogP contribution in [0.4, 0.5) is 32.0 Å². The number of hydrogen-bond acceptors (Lipinski definition) is 2. The van der Waals surface area contributed by atoms with Crippen LogP contribution in [0.2, 0.25) is 0 Å². The number of hydrogen-bond donors (Lipinski definition) is 1. The number of likely N-dealkylation sites (tertiary alicyclic amines) is 1. The summed E-state index contributed by atoms with van der Waals surface area (Å²) in [4.78, 5) is 24.7. The molecule has 0 saturated carbocycles. The number of benzene rings is 1. The van der Waals surface area contributed by atoms with Crippen LogP contribution in [0.25, 0.3) is 0 Å². The van der Waals surface area contributed by atoms with Crippen molar-refractivity contribution in [3.8, 4) is 0 Å². The molecule has 1 aliphatic heterocycles. The lowest BCUT2D eigenvalue weighted by atomic mass is 10.1. The smallest absolute Gasteiger partial charge is 0.334 e. The number of carbonyl (C=O) groups excluding carboxylic acids is 2. The van der Waals surface area contributed by atoms with E-state index in [4.69, 9.17) is 0 Å². The quantitative estimate of drug-likeness (QED) is 0.622. The molecule has 0 aliphatic carbocycles. The second-order valence-electron chi connectivity index (χ2n) is 5.25. The van der Waals surface area contributed by atoms with Crippen molar-refractivity contribution in [2.24, 2.45) is 0 Å². The molecule has 2 amide bonds. The van der Waals surface area contributed by atoms with Gasteiger partial charge in [0.15, 0.2) is 0 Å². The molecule has 0 unspecified atom stereocenters. The van der Waals surface area contributed by atoms with Gasteiger partial charge in [-0.3, -0.25) is 9.59 Å². The third-order valence-electron chi connectivity index (χ3n) is 3.43. The Morgan fingerprint density at radius 1 is 0.875 bits per heavy atom. The van der Waals surface area contributed by atoms with Gasteiger partial charge in [0.05, 0.1) is 11.1 Å². The second-order valence-corrected chi connectivity index (χ2v) is 5.25. The lowest BCUT2D eigenvalue weighted by Gasteiger charge is -2.17. The fourth-order valence-electron chi connectivity index (χ4n) is 2.28. The largest absolute Gasteiger partial charge is 0.416 e. The fraction of sp³-hybridized carbons (Fsp3) is 0.429. The standard InChI is InChI=1S/C14H12F6N2O2/c15-13(16,17)8-5-9(14(18,19)20)7-10(6-8)21-11(23)12(24)22-3-1-2-4-22/h5-7H,1-4H2,(H,21,23). The van der Waals surface area contributed by atoms with Crippen LogP contribution in [0.15, 0.2) is 18.2 Å². The number of amides is 2. The minimum absolute atomic E-state index is 0.0576. The van der Waals surface area contributed by atoms with Crippen LogP contribution >= 0.6 is 0 Å². The van der Waals surface area contributed by atoms with Crippen molar-refractivity contribution < 1.29 is 35.9 Å². The van der Waals surface area contributed by atoms with Crippen LogP contribution in [0.5, 0.6) is 0 Å². The van der Waals surface area contributed by atoms with Gasteiger partial charge in [-0.15, -0.1) is 0 Å². The van der Waals surface area contributed by atoms with E-state index in [1.807, 2.05) is 5.32 Å². The maximum absolute atomic E-state index is 12.7. The van der Waals surface area contributed by atoms with Crippen LogP contribution in [0, 0.1) is 0 Å². The molecule has 1 fully saturated rings. The van der Waals surface area contributed by atoms with Gasteiger partial charge in [-0.25, -0.2) is 0 Å². The summed E-state index contributed by atoms with van der Waals surface area (Å²) < 4.78 is 76.3. The van der Waals surface area contributed by atoms with Crippen molar-refractivity contribution in [2.45, 2.75) is 25.2 Å². The van der Waals surface area contributed by atoms with Crippen LogP contribution < -0.4 is 5.32 Å². The third-order valence-corrected chi connectivity index (χ3v) is 3.43. The lowest BCUT2D eigenvalue weighted by molar-refractivity contribution is -0.143. The monoisotopic (exact) mass is 354 g/mol. The van der Waals surface area contributed by atoms with Crippen molar-refractivity contribution in [3.63, 3.8) is 0 Å². The molecule has 1 aliphatic rings. The number of carbonyl (C=O) groups is 2. The molecule has 0 radical (unpaired) electrons. The first-order valence-corrected chi connectivity index (χ1v) is 6.88. The zero-order chi connectivity index (χ0) is 18.1. The Labute approximate surface area is 132 Å². The highest BCUT2D eigenvalue weighted by Gasteiger charge is 2.37. The van der Waals surface area contributed by atoms with Gasteiger partial charge in [0.25, 0.3) is 0 Å². The average molecular weight is 354 g/mol. The van der Waals surface area contributed by atoms with Gasteiger partial charge in [0, 0.05) is 18.8 Å². The molecule has 1 N–H and O–H groups in total. The number of nitrogens with zero attached hydrogens (tertiary/aromatic N) is 1. The zero-order valence-corrected chi connectivity index (χ0v) is 12.1. The molecule has 1 aromatic rings. The minimum Gasteiger partial charge on any atom is -0.334 e. The molecule has 1 aromatic carbocycles. The molecular formula is C14H12F6N2O2. The van der Waals surface area contributed by atoms with E-state index in [1.165, 1.54) is 4.90 Å². The van der Waals surface area contributed by atoms with E-state index < -0.39 is 41.0 Å². The highest BCUT2D eigenvalue weighted by atomic mass is 19.4. The Balaban J connectivity index is 2.28. The number of alkyl halides is 6. The summed E-state index contributed by atoms with van der Waals surface area (Å²) in [5, 5.41) is 1.81. The van der Waals surface area contributed by atoms with Crippen LogP contribution in [0.1, 0.15) is 24.0 Å². The summed E-state index contributed by atoms with van der Waals surface area (Å²) in [7, 11) is 0. The van der Waals surface area contributed by atoms with E-state index >= 15 is 0 Å². The summed E-state index contributed by atoms with van der Waals surface area (Å²) in [5.74, 6) is -2.26. The molecule has 1 heterocycles. The number of rotatable bonds is 1. The van der Waals surface area contributed by atoms with Crippen LogP contribution in [0.3, 0.4) is 0 Å². The molecule has 0 bridgehead atoms. The molecule has 24 heavy (non-hydrogen) atoms. The van der Waals surface area contributed by atoms with E-state index in [0.29, 0.717) is 38.1 Å². The van der Waals surface area contributed by atoms with Crippen molar-refractivity contribution in [2.75, 3.05) is 18.4 Å². The fourth-order valence-corrected chi connectivity index (χ4v) is 2.28. The molecule has 1 saturated heterocycles. The second kappa shape index (κ2) is 6.33. The van der Waals surface area contributed by atoms with E-state index in [2.05, 4.69) is 0 Å². The molecule has 0 aromatic heterocycles. The summed E-state index contributed by atoms with van der Waals surface area (Å²) in [6, 6.07) is 0.646. The van der Waals surface area contributed by atoms with Crippen LogP contribution in [-0.2, 0) is 21.9 Å². The molecule has 132 valence electrons. The maximum Gasteiger partial charge on any atom is 0.416 e. The predicted molar refractivity (Wildman–Crippen MR) is 70.9 cm³/mol. The summed E-state index contributed by atoms with van der Waals surface area (Å²) in [6.07, 6.45) is -8.69. The normalized spacial score (nSPS) is 15.5. The summed E-state index contributed by atoms with van der Waals surface area (Å²) in [6.45, 7) is 0.644. The molecular weight excluding hydrogens is 342 g/mol. The first-order chi connectivity index (χ1) is 11.0. The highest BCUT2D eigenvalue weighted by molar-refractivity contribution is 6.39. The molecule has 2 rings (SSSR count). The van der Waals surface area contributed by atoms with Gasteiger partial charge in [0.1, 0.15) is 0 Å². The Morgan fingerprint density at radius 3 is 1.75 bits per heavy atom. The lowest BCUT2D eigenvalue weighted by Crippen LogP contribution is -2.37. The third kappa shape index (κ3) is 4.18. The predicted octanol–water partition coefficient (Wildman–Crippen LogP) is 3.29. The maximum atomic E-state index is 12.7. The highest BCUT2D eigenvalue weighted by Crippen LogP contribution is 2.37. The number of halogens is 6. The van der Waals surface area contributed by atoms with Crippen molar-refractivity contribution in [1.29, 1.82) is 0 Å². The first-order valence-electron chi connectivity index (χ1n) is 6.88. The summed E-state index contributed by atoms with van der Waals surface area (Å²) >= 11 is 0. The SMILES string of the molecule is O=C(Nc1cc(C(F)(F)F)cc(C(F)(F)F)c1)C(=O)N1CCCC1. The molecule has 4 nitrogen and oxygen atoms in total. The van der Waals surface area contributed by atoms with Gasteiger partial charge >= 0.3 is 24.2 Å². The molecule has 0 spiro atoms. The molecule has 10 heteroatoms. The Bertz CT molecular complexity index is 615. The van der Waals surface area contributed by atoms with E-state index in [-0.39, 0.29) is 6.07 Å². The van der Waals surface area contributed by atoms with Gasteiger partial charge < -0.3 is 10.2 Å². The van der Waals surface area contributed by atoms with Gasteiger partial charge in [0.2, 0.25) is 0 Å².